The molecule has 3 aromatic heterocycles. The first kappa shape index (κ1) is 17.1. The summed E-state index contributed by atoms with van der Waals surface area (Å²) in [6.07, 6.45) is 4.34. The van der Waals surface area contributed by atoms with E-state index in [0.717, 1.165) is 34.1 Å². The van der Waals surface area contributed by atoms with E-state index in [1.807, 2.05) is 6.07 Å². The number of para-hydroxylation sites is 1. The molecule has 26 heavy (non-hydrogen) atoms. The van der Waals surface area contributed by atoms with E-state index in [9.17, 15) is 0 Å². The second kappa shape index (κ2) is 6.74. The number of hydrogen-bond donors (Lipinski definition) is 1. The molecule has 4 nitrogen and oxygen atoms in total. The second-order valence-corrected chi connectivity index (χ2v) is 7.50. The van der Waals surface area contributed by atoms with Crippen LogP contribution in [0, 0.1) is 13.8 Å². The Morgan fingerprint density at radius 3 is 2.65 bits per heavy atom. The highest BCUT2D eigenvalue weighted by Gasteiger charge is 2.20. The second-order valence-electron chi connectivity index (χ2n) is 6.25. The summed E-state index contributed by atoms with van der Waals surface area (Å²) in [5.41, 5.74) is 6.45. The Morgan fingerprint density at radius 1 is 1.19 bits per heavy atom. The molecule has 3 heterocycles. The maximum absolute atomic E-state index is 6.43. The van der Waals surface area contributed by atoms with Crippen LogP contribution in [0.5, 0.6) is 0 Å². The molecule has 6 heteroatoms. The number of imidazole rings is 1. The molecule has 4 aromatic rings. The summed E-state index contributed by atoms with van der Waals surface area (Å²) in [6.45, 7) is 6.38. The van der Waals surface area contributed by atoms with Crippen LogP contribution in [0.2, 0.25) is 5.02 Å². The van der Waals surface area contributed by atoms with E-state index < -0.39 is 0 Å². The van der Waals surface area contributed by atoms with Gasteiger partial charge in [-0.15, -0.1) is 11.3 Å². The van der Waals surface area contributed by atoms with Crippen molar-refractivity contribution in [3.8, 4) is 11.3 Å². The van der Waals surface area contributed by atoms with Gasteiger partial charge in [-0.25, -0.2) is 4.98 Å². The molecule has 1 N–H and O–H groups in total. The van der Waals surface area contributed by atoms with Gasteiger partial charge in [0.15, 0.2) is 4.96 Å². The van der Waals surface area contributed by atoms with Crippen LogP contribution in [-0.2, 0) is 6.42 Å². The molecular weight excluding hydrogens is 364 g/mol. The molecule has 0 saturated heterocycles. The van der Waals surface area contributed by atoms with Crippen molar-refractivity contribution >= 4 is 39.4 Å². The number of nitrogens with one attached hydrogen (secondary N) is 1. The van der Waals surface area contributed by atoms with Gasteiger partial charge in [0, 0.05) is 34.7 Å². The van der Waals surface area contributed by atoms with Crippen molar-refractivity contribution in [1.82, 2.24) is 14.4 Å². The average molecular weight is 383 g/mol. The smallest absolute Gasteiger partial charge is 0.196 e. The fraction of sp³-hybridized carbons (Fsp3) is 0.200. The fourth-order valence-electron chi connectivity index (χ4n) is 3.16. The third-order valence-corrected chi connectivity index (χ3v) is 5.72. The molecule has 0 unspecified atom stereocenters. The summed E-state index contributed by atoms with van der Waals surface area (Å²) in [7, 11) is 0. The van der Waals surface area contributed by atoms with Gasteiger partial charge in [0.05, 0.1) is 5.02 Å². The lowest BCUT2D eigenvalue weighted by atomic mass is 10.1. The van der Waals surface area contributed by atoms with Gasteiger partial charge in [-0.05, 0) is 37.5 Å². The van der Waals surface area contributed by atoms with Gasteiger partial charge in [0.25, 0.3) is 0 Å². The van der Waals surface area contributed by atoms with Crippen molar-refractivity contribution in [3.05, 3.63) is 63.9 Å². The van der Waals surface area contributed by atoms with Gasteiger partial charge < -0.3 is 5.32 Å². The summed E-state index contributed by atoms with van der Waals surface area (Å²) in [5, 5.41) is 6.41. The van der Waals surface area contributed by atoms with Crippen molar-refractivity contribution in [2.45, 2.75) is 27.2 Å². The van der Waals surface area contributed by atoms with Crippen LogP contribution in [0.1, 0.15) is 23.7 Å². The van der Waals surface area contributed by atoms with Crippen LogP contribution in [0.3, 0.4) is 0 Å². The van der Waals surface area contributed by atoms with Crippen molar-refractivity contribution in [2.24, 2.45) is 0 Å². The maximum Gasteiger partial charge on any atom is 0.196 e. The van der Waals surface area contributed by atoms with E-state index in [2.05, 4.69) is 59.1 Å². The zero-order chi connectivity index (χ0) is 18.3. The Labute approximate surface area is 161 Å². The van der Waals surface area contributed by atoms with Crippen molar-refractivity contribution in [3.63, 3.8) is 0 Å². The highest BCUT2D eigenvalue weighted by atomic mass is 35.5. The minimum atomic E-state index is 0.598. The van der Waals surface area contributed by atoms with Gasteiger partial charge in [-0.3, -0.25) is 9.38 Å². The number of pyridine rings is 1. The number of hydrogen-bond acceptors (Lipinski definition) is 4. The van der Waals surface area contributed by atoms with E-state index in [1.165, 1.54) is 16.8 Å². The lowest BCUT2D eigenvalue weighted by Crippen LogP contribution is -2.02. The van der Waals surface area contributed by atoms with Gasteiger partial charge in [0.2, 0.25) is 0 Å². The number of nitrogens with zero attached hydrogens (tertiary/aromatic N) is 3. The Morgan fingerprint density at radius 2 is 1.96 bits per heavy atom. The zero-order valence-corrected chi connectivity index (χ0v) is 16.4. The van der Waals surface area contributed by atoms with E-state index in [1.54, 1.807) is 23.7 Å². The van der Waals surface area contributed by atoms with Crippen molar-refractivity contribution in [1.29, 1.82) is 0 Å². The number of benzene rings is 1. The standard InChI is InChI=1S/C20H19ClN4S/c1-4-14-11-26-20-24-18(15-8-9-22-10-16(15)21)19(25(14)20)23-17-12(2)6-5-7-13(17)3/h5-11,23H,4H2,1-3H3. The third kappa shape index (κ3) is 2.77. The van der Waals surface area contributed by atoms with Crippen LogP contribution in [0.4, 0.5) is 11.5 Å². The summed E-state index contributed by atoms with van der Waals surface area (Å²) < 4.78 is 2.20. The fourth-order valence-corrected chi connectivity index (χ4v) is 4.34. The number of halogens is 1. The molecule has 0 aliphatic heterocycles. The van der Waals surface area contributed by atoms with Crippen LogP contribution in [0.25, 0.3) is 16.2 Å². The molecular formula is C20H19ClN4S. The molecule has 0 amide bonds. The highest BCUT2D eigenvalue weighted by Crippen LogP contribution is 2.38. The first-order valence-electron chi connectivity index (χ1n) is 8.52. The number of thiazole rings is 1. The van der Waals surface area contributed by atoms with Crippen LogP contribution >= 0.6 is 22.9 Å². The Bertz CT molecular complexity index is 1080. The first-order valence-corrected chi connectivity index (χ1v) is 9.77. The average Bonchev–Trinajstić information content (AvgIpc) is 3.18. The molecule has 1 aromatic carbocycles. The molecule has 132 valence electrons. The molecule has 0 aliphatic carbocycles. The SMILES string of the molecule is CCc1csc2nc(-c3ccncc3Cl)c(Nc3c(C)cccc3C)n12. The monoisotopic (exact) mass is 382 g/mol. The van der Waals surface area contributed by atoms with Crippen LogP contribution < -0.4 is 5.32 Å². The van der Waals surface area contributed by atoms with E-state index in [0.29, 0.717) is 5.02 Å². The molecule has 0 fully saturated rings. The maximum atomic E-state index is 6.43. The van der Waals surface area contributed by atoms with Crippen molar-refractivity contribution < 1.29 is 0 Å². The van der Waals surface area contributed by atoms with Crippen LogP contribution in [0.15, 0.2) is 42.0 Å². The van der Waals surface area contributed by atoms with E-state index in [-0.39, 0.29) is 0 Å². The largest absolute Gasteiger partial charge is 0.339 e. The van der Waals surface area contributed by atoms with E-state index in [4.69, 9.17) is 16.6 Å². The number of anilines is 2. The molecule has 4 rings (SSSR count). The highest BCUT2D eigenvalue weighted by molar-refractivity contribution is 7.15. The molecule has 0 bridgehead atoms. The van der Waals surface area contributed by atoms with Gasteiger partial charge in [-0.2, -0.15) is 0 Å². The normalized spacial score (nSPS) is 11.2. The molecule has 0 saturated carbocycles. The molecule has 0 radical (unpaired) electrons. The summed E-state index contributed by atoms with van der Waals surface area (Å²) in [4.78, 5) is 9.93. The number of rotatable bonds is 4. The minimum Gasteiger partial charge on any atom is -0.339 e. The molecule has 0 spiro atoms. The lowest BCUT2D eigenvalue weighted by Gasteiger charge is -2.14. The summed E-state index contributed by atoms with van der Waals surface area (Å²) >= 11 is 8.07. The van der Waals surface area contributed by atoms with Crippen molar-refractivity contribution in [2.75, 3.05) is 5.32 Å². The lowest BCUT2D eigenvalue weighted by molar-refractivity contribution is 1.01. The Kier molecular flexibility index (Phi) is 4.42. The third-order valence-electron chi connectivity index (χ3n) is 4.55. The number of aromatic nitrogens is 3. The quantitative estimate of drug-likeness (QED) is 0.468. The topological polar surface area (TPSA) is 42.2 Å². The summed E-state index contributed by atoms with van der Waals surface area (Å²) in [5.74, 6) is 0.948. The first-order chi connectivity index (χ1) is 12.6. The molecule has 0 aliphatic rings. The van der Waals surface area contributed by atoms with Gasteiger partial charge in [-0.1, -0.05) is 36.7 Å². The Balaban J connectivity index is 1.98. The van der Waals surface area contributed by atoms with E-state index >= 15 is 0 Å². The zero-order valence-electron chi connectivity index (χ0n) is 14.9. The summed E-state index contributed by atoms with van der Waals surface area (Å²) in [6, 6.07) is 8.21. The molecule has 0 atom stereocenters. The predicted molar refractivity (Wildman–Crippen MR) is 110 cm³/mol. The Hall–Kier alpha value is -2.37. The van der Waals surface area contributed by atoms with Gasteiger partial charge in [0.1, 0.15) is 11.5 Å². The van der Waals surface area contributed by atoms with Gasteiger partial charge >= 0.3 is 0 Å². The predicted octanol–water partition coefficient (Wildman–Crippen LogP) is 6.03. The number of fused-ring (bicyclic) bond motifs is 1. The minimum absolute atomic E-state index is 0.598. The van der Waals surface area contributed by atoms with Crippen LogP contribution in [-0.4, -0.2) is 14.4 Å². The number of aryl methyl sites for hydroxylation is 3.